The molecule has 0 radical (unpaired) electrons. The fourth-order valence-corrected chi connectivity index (χ4v) is 3.25. The second-order valence-corrected chi connectivity index (χ2v) is 6.49. The lowest BCUT2D eigenvalue weighted by Gasteiger charge is -2.13. The van der Waals surface area contributed by atoms with Crippen molar-refractivity contribution in [2.75, 3.05) is 18.9 Å². The fraction of sp³-hybridized carbons (Fsp3) is 0.143. The number of benzene rings is 2. The molecule has 0 unspecified atom stereocenters. The van der Waals surface area contributed by atoms with Crippen molar-refractivity contribution in [3.63, 3.8) is 0 Å². The van der Waals surface area contributed by atoms with E-state index in [1.807, 2.05) is 4.72 Å². The van der Waals surface area contributed by atoms with E-state index in [2.05, 4.69) is 0 Å². The molecule has 2 aromatic rings. The molecule has 124 valence electrons. The quantitative estimate of drug-likeness (QED) is 0.855. The van der Waals surface area contributed by atoms with Gasteiger partial charge in [-0.3, -0.25) is 4.72 Å². The molecule has 0 saturated heterocycles. The molecule has 0 aliphatic rings. The fourth-order valence-electron chi connectivity index (χ4n) is 1.84. The standard InChI is InChI=1S/C14H13ClFNO5S/c1-21-12-6-9(16)10(7-13(12)22-2)17-23(19,20)14-5-8(15)3-4-11(14)18/h3-7,17-18H,1-2H3. The number of anilines is 1. The number of sulfonamides is 1. The molecule has 9 heteroatoms. The van der Waals surface area contributed by atoms with Crippen LogP contribution >= 0.6 is 11.6 Å². The molecule has 2 aromatic carbocycles. The Labute approximate surface area is 137 Å². The van der Waals surface area contributed by atoms with E-state index in [0.717, 1.165) is 24.3 Å². The molecule has 0 atom stereocenters. The van der Waals surface area contributed by atoms with Gasteiger partial charge in [-0.15, -0.1) is 0 Å². The number of hydrogen-bond donors (Lipinski definition) is 2. The van der Waals surface area contributed by atoms with Crippen LogP contribution in [0.2, 0.25) is 5.02 Å². The van der Waals surface area contributed by atoms with E-state index in [1.54, 1.807) is 0 Å². The molecule has 2 N–H and O–H groups in total. The van der Waals surface area contributed by atoms with Gasteiger partial charge in [0.05, 0.1) is 19.9 Å². The van der Waals surface area contributed by atoms with E-state index in [9.17, 15) is 17.9 Å². The molecule has 0 bridgehead atoms. The highest BCUT2D eigenvalue weighted by molar-refractivity contribution is 7.92. The van der Waals surface area contributed by atoms with Crippen LogP contribution in [0.1, 0.15) is 0 Å². The van der Waals surface area contributed by atoms with E-state index in [4.69, 9.17) is 21.1 Å². The van der Waals surface area contributed by atoms with Crippen LogP contribution in [-0.4, -0.2) is 27.7 Å². The minimum atomic E-state index is -4.25. The van der Waals surface area contributed by atoms with E-state index in [0.29, 0.717) is 0 Å². The van der Waals surface area contributed by atoms with Crippen LogP contribution in [0, 0.1) is 5.82 Å². The summed E-state index contributed by atoms with van der Waals surface area (Å²) in [5.74, 6) is -1.13. The van der Waals surface area contributed by atoms with Gasteiger partial charge in [-0.05, 0) is 18.2 Å². The number of nitrogens with one attached hydrogen (secondary N) is 1. The lowest BCUT2D eigenvalue weighted by atomic mass is 10.2. The molecule has 0 saturated carbocycles. The van der Waals surface area contributed by atoms with E-state index in [-0.39, 0.29) is 22.2 Å². The highest BCUT2D eigenvalue weighted by Crippen LogP contribution is 2.34. The van der Waals surface area contributed by atoms with Gasteiger partial charge in [-0.2, -0.15) is 0 Å². The second kappa shape index (κ2) is 6.51. The van der Waals surface area contributed by atoms with Crippen molar-refractivity contribution in [1.29, 1.82) is 0 Å². The maximum atomic E-state index is 14.0. The number of phenolic OH excluding ortho intramolecular Hbond substituents is 1. The molecule has 0 aromatic heterocycles. The highest BCUT2D eigenvalue weighted by Gasteiger charge is 2.22. The molecule has 0 amide bonds. The zero-order chi connectivity index (χ0) is 17.2. The summed E-state index contributed by atoms with van der Waals surface area (Å²) in [4.78, 5) is -0.473. The molecule has 0 spiro atoms. The summed E-state index contributed by atoms with van der Waals surface area (Å²) in [6.45, 7) is 0. The Morgan fingerprint density at radius 2 is 1.74 bits per heavy atom. The second-order valence-electron chi connectivity index (χ2n) is 4.40. The van der Waals surface area contributed by atoms with Crippen LogP contribution in [-0.2, 0) is 10.0 Å². The molecule has 0 aliphatic heterocycles. The summed E-state index contributed by atoms with van der Waals surface area (Å²) < 4.78 is 50.6. The van der Waals surface area contributed by atoms with Crippen LogP contribution in [0.25, 0.3) is 0 Å². The third kappa shape index (κ3) is 3.59. The van der Waals surface area contributed by atoms with Gasteiger partial charge in [0.2, 0.25) is 0 Å². The molecule has 0 aliphatic carbocycles. The topological polar surface area (TPSA) is 84.9 Å². The van der Waals surface area contributed by atoms with Gasteiger partial charge in [-0.25, -0.2) is 12.8 Å². The summed E-state index contributed by atoms with van der Waals surface area (Å²) >= 11 is 5.73. The SMILES string of the molecule is COc1cc(F)c(NS(=O)(=O)c2cc(Cl)ccc2O)cc1OC. The molecular weight excluding hydrogens is 349 g/mol. The van der Waals surface area contributed by atoms with Gasteiger partial charge >= 0.3 is 0 Å². The Kier molecular flexibility index (Phi) is 4.86. The van der Waals surface area contributed by atoms with Crippen molar-refractivity contribution in [3.8, 4) is 17.2 Å². The average Bonchev–Trinajstić information content (AvgIpc) is 2.50. The minimum Gasteiger partial charge on any atom is -0.507 e. The van der Waals surface area contributed by atoms with Crippen molar-refractivity contribution in [3.05, 3.63) is 41.2 Å². The van der Waals surface area contributed by atoms with Crippen molar-refractivity contribution in [1.82, 2.24) is 0 Å². The van der Waals surface area contributed by atoms with Crippen molar-refractivity contribution in [2.45, 2.75) is 4.90 Å². The van der Waals surface area contributed by atoms with Gasteiger partial charge in [0.1, 0.15) is 10.6 Å². The number of hydrogen-bond acceptors (Lipinski definition) is 5. The monoisotopic (exact) mass is 361 g/mol. The first kappa shape index (κ1) is 17.2. The third-order valence-electron chi connectivity index (χ3n) is 2.93. The first-order valence-electron chi connectivity index (χ1n) is 6.21. The first-order chi connectivity index (χ1) is 10.8. The smallest absolute Gasteiger partial charge is 0.265 e. The summed E-state index contributed by atoms with van der Waals surface area (Å²) in [6.07, 6.45) is 0. The van der Waals surface area contributed by atoms with Crippen molar-refractivity contribution < 1.29 is 27.4 Å². The van der Waals surface area contributed by atoms with Crippen LogP contribution in [0.4, 0.5) is 10.1 Å². The Balaban J connectivity index is 2.47. The Morgan fingerprint density at radius 3 is 2.35 bits per heavy atom. The molecule has 0 heterocycles. The van der Waals surface area contributed by atoms with Gasteiger partial charge in [-0.1, -0.05) is 11.6 Å². The highest BCUT2D eigenvalue weighted by atomic mass is 35.5. The summed E-state index contributed by atoms with van der Waals surface area (Å²) in [7, 11) is -1.60. The first-order valence-corrected chi connectivity index (χ1v) is 8.07. The zero-order valence-electron chi connectivity index (χ0n) is 12.1. The minimum absolute atomic E-state index is 0.107. The number of methoxy groups -OCH3 is 2. The molecule has 6 nitrogen and oxygen atoms in total. The average molecular weight is 362 g/mol. The third-order valence-corrected chi connectivity index (χ3v) is 4.56. The van der Waals surface area contributed by atoms with Gasteiger partial charge in [0, 0.05) is 17.2 Å². The maximum absolute atomic E-state index is 14.0. The van der Waals surface area contributed by atoms with Crippen LogP contribution in [0.15, 0.2) is 35.2 Å². The predicted octanol–water partition coefficient (Wildman–Crippen LogP) is 3.00. The van der Waals surface area contributed by atoms with Crippen LogP contribution in [0.5, 0.6) is 17.2 Å². The lowest BCUT2D eigenvalue weighted by Crippen LogP contribution is -2.14. The normalized spacial score (nSPS) is 11.1. The molecule has 0 fully saturated rings. The van der Waals surface area contributed by atoms with E-state index in [1.165, 1.54) is 20.3 Å². The lowest BCUT2D eigenvalue weighted by molar-refractivity contribution is 0.353. The molecule has 23 heavy (non-hydrogen) atoms. The largest absolute Gasteiger partial charge is 0.507 e. The number of ether oxygens (including phenoxy) is 2. The zero-order valence-corrected chi connectivity index (χ0v) is 13.7. The number of phenols is 1. The molecular formula is C14H13ClFNO5S. The maximum Gasteiger partial charge on any atom is 0.265 e. The predicted molar refractivity (Wildman–Crippen MR) is 83.4 cm³/mol. The Morgan fingerprint density at radius 1 is 1.13 bits per heavy atom. The van der Waals surface area contributed by atoms with Gasteiger partial charge < -0.3 is 14.6 Å². The Hall–Kier alpha value is -2.19. The number of halogens is 2. The van der Waals surface area contributed by atoms with Crippen LogP contribution in [0.3, 0.4) is 0 Å². The van der Waals surface area contributed by atoms with Gasteiger partial charge in [0.25, 0.3) is 10.0 Å². The Bertz CT molecular complexity index is 841. The van der Waals surface area contributed by atoms with Crippen molar-refractivity contribution in [2.24, 2.45) is 0 Å². The number of rotatable bonds is 5. The number of aromatic hydroxyl groups is 1. The summed E-state index contributed by atoms with van der Waals surface area (Å²) in [6, 6.07) is 5.62. The van der Waals surface area contributed by atoms with Crippen LogP contribution < -0.4 is 14.2 Å². The molecule has 2 rings (SSSR count). The van der Waals surface area contributed by atoms with Gasteiger partial charge in [0.15, 0.2) is 17.3 Å². The van der Waals surface area contributed by atoms with E-state index < -0.39 is 26.5 Å². The summed E-state index contributed by atoms with van der Waals surface area (Å²) in [5.41, 5.74) is -0.359. The van der Waals surface area contributed by atoms with E-state index >= 15 is 0 Å². The van der Waals surface area contributed by atoms with Crippen molar-refractivity contribution >= 4 is 27.3 Å². The summed E-state index contributed by atoms with van der Waals surface area (Å²) in [5, 5.41) is 9.79.